The highest BCUT2D eigenvalue weighted by atomic mass is 16.5. The van der Waals surface area contributed by atoms with Gasteiger partial charge in [-0.25, -0.2) is 4.79 Å². The standard InChI is InChI=1S/C33H38N2O4/c1-21(2)25-18-13-22(3)19-30(25)35(33(37)38)31-28-11-6-5-9-26(28)27-10-7-8-12-29(27)34(32(31)36)20-23-14-16-24(39-4)17-15-23/h5-12,14-17,21-22,25,30-31H,13,18-20H2,1-4H3,(H,37,38)/t22-,25+,30-,31+/m1/s1. The van der Waals surface area contributed by atoms with E-state index in [1.165, 1.54) is 4.90 Å². The lowest BCUT2D eigenvalue weighted by atomic mass is 9.73. The summed E-state index contributed by atoms with van der Waals surface area (Å²) in [7, 11) is 1.63. The van der Waals surface area contributed by atoms with Gasteiger partial charge in [-0.05, 0) is 65.5 Å². The lowest BCUT2D eigenvalue weighted by Crippen LogP contribution is -2.53. The molecular formula is C33H38N2O4. The van der Waals surface area contributed by atoms with Gasteiger partial charge in [-0.15, -0.1) is 0 Å². The number of rotatable bonds is 6. The number of amides is 2. The summed E-state index contributed by atoms with van der Waals surface area (Å²) in [6.07, 6.45) is 1.76. The normalized spacial score (nSPS) is 22.6. The first-order valence-corrected chi connectivity index (χ1v) is 13.9. The molecular weight excluding hydrogens is 488 g/mol. The minimum atomic E-state index is -1.04. The molecule has 3 aromatic rings. The van der Waals surface area contributed by atoms with Crippen LogP contribution in [0.1, 0.15) is 57.2 Å². The Bertz CT molecular complexity index is 1340. The van der Waals surface area contributed by atoms with E-state index in [9.17, 15) is 14.7 Å². The van der Waals surface area contributed by atoms with Crippen molar-refractivity contribution in [2.24, 2.45) is 17.8 Å². The van der Waals surface area contributed by atoms with Gasteiger partial charge in [0.2, 0.25) is 0 Å². The Balaban J connectivity index is 1.67. The summed E-state index contributed by atoms with van der Waals surface area (Å²) in [5, 5.41) is 10.8. The van der Waals surface area contributed by atoms with Crippen LogP contribution < -0.4 is 9.64 Å². The highest BCUT2D eigenvalue weighted by Gasteiger charge is 2.46. The Labute approximate surface area is 231 Å². The average molecular weight is 527 g/mol. The van der Waals surface area contributed by atoms with E-state index in [4.69, 9.17) is 4.74 Å². The average Bonchev–Trinajstić information content (AvgIpc) is 3.03. The lowest BCUT2D eigenvalue weighted by molar-refractivity contribution is -0.125. The van der Waals surface area contributed by atoms with Crippen LogP contribution in [0.15, 0.2) is 72.8 Å². The number of benzene rings is 3. The number of ether oxygens (including phenoxy) is 1. The van der Waals surface area contributed by atoms with Crippen molar-refractivity contribution >= 4 is 17.7 Å². The Hall–Kier alpha value is -3.80. The maximum absolute atomic E-state index is 14.7. The third kappa shape index (κ3) is 5.12. The molecule has 5 rings (SSSR count). The number of methoxy groups -OCH3 is 1. The first-order chi connectivity index (χ1) is 18.8. The van der Waals surface area contributed by atoms with Crippen molar-refractivity contribution < 1.29 is 19.4 Å². The van der Waals surface area contributed by atoms with Gasteiger partial charge in [-0.2, -0.15) is 0 Å². The monoisotopic (exact) mass is 526 g/mol. The first-order valence-electron chi connectivity index (χ1n) is 13.9. The number of carbonyl (C=O) groups excluding carboxylic acids is 1. The molecule has 6 nitrogen and oxygen atoms in total. The number of carboxylic acid groups (broad SMARTS) is 1. The largest absolute Gasteiger partial charge is 0.497 e. The molecule has 1 fully saturated rings. The Kier molecular flexibility index (Phi) is 7.65. The van der Waals surface area contributed by atoms with Gasteiger partial charge < -0.3 is 14.7 Å². The van der Waals surface area contributed by atoms with Crippen LogP contribution in [0.4, 0.5) is 10.5 Å². The molecule has 0 radical (unpaired) electrons. The molecule has 3 aromatic carbocycles. The minimum absolute atomic E-state index is 0.193. The molecule has 1 N–H and O–H groups in total. The molecule has 0 spiro atoms. The van der Waals surface area contributed by atoms with Crippen LogP contribution in [-0.2, 0) is 11.3 Å². The minimum Gasteiger partial charge on any atom is -0.497 e. The van der Waals surface area contributed by atoms with Crippen LogP contribution in [0.25, 0.3) is 11.1 Å². The molecule has 1 aliphatic carbocycles. The second kappa shape index (κ2) is 11.1. The van der Waals surface area contributed by atoms with Crippen molar-refractivity contribution in [3.8, 4) is 16.9 Å². The zero-order valence-electron chi connectivity index (χ0n) is 23.2. The maximum Gasteiger partial charge on any atom is 0.408 e. The van der Waals surface area contributed by atoms with Gasteiger partial charge in [0.05, 0.1) is 19.3 Å². The molecule has 4 atom stereocenters. The predicted molar refractivity (Wildman–Crippen MR) is 154 cm³/mol. The second-order valence-corrected chi connectivity index (χ2v) is 11.4. The summed E-state index contributed by atoms with van der Waals surface area (Å²) in [6, 6.07) is 22.2. The van der Waals surface area contributed by atoms with E-state index in [0.29, 0.717) is 18.4 Å². The molecule has 0 unspecified atom stereocenters. The van der Waals surface area contributed by atoms with Gasteiger partial charge in [0.15, 0.2) is 0 Å². The number of hydrogen-bond donors (Lipinski definition) is 1. The highest BCUT2D eigenvalue weighted by Crippen LogP contribution is 2.46. The van der Waals surface area contributed by atoms with Gasteiger partial charge in [0, 0.05) is 11.6 Å². The molecule has 1 saturated carbocycles. The number of anilines is 1. The SMILES string of the molecule is COc1ccc(CN2C(=O)[C@@H](N(C(=O)O)[C@@H]3C[C@H](C)CC[C@H]3C(C)C)c3ccccc3-c3ccccc32)cc1. The molecule has 6 heteroatoms. The Morgan fingerprint density at radius 2 is 1.67 bits per heavy atom. The van der Waals surface area contributed by atoms with E-state index < -0.39 is 12.1 Å². The van der Waals surface area contributed by atoms with Gasteiger partial charge >= 0.3 is 6.09 Å². The summed E-state index contributed by atoms with van der Waals surface area (Å²) < 4.78 is 5.33. The lowest BCUT2D eigenvalue weighted by Gasteiger charge is -2.45. The zero-order chi connectivity index (χ0) is 27.7. The molecule has 0 aromatic heterocycles. The van der Waals surface area contributed by atoms with Gasteiger partial charge in [0.25, 0.3) is 5.91 Å². The van der Waals surface area contributed by atoms with Gasteiger partial charge in [-0.3, -0.25) is 9.69 Å². The molecule has 39 heavy (non-hydrogen) atoms. The second-order valence-electron chi connectivity index (χ2n) is 11.4. The Morgan fingerprint density at radius 3 is 2.33 bits per heavy atom. The van der Waals surface area contributed by atoms with Crippen LogP contribution >= 0.6 is 0 Å². The number of para-hydroxylation sites is 1. The van der Waals surface area contributed by atoms with E-state index in [0.717, 1.165) is 53.0 Å². The number of carbonyl (C=O) groups is 2. The summed E-state index contributed by atoms with van der Waals surface area (Å²) >= 11 is 0. The number of nitrogens with zero attached hydrogens (tertiary/aromatic N) is 2. The smallest absolute Gasteiger partial charge is 0.408 e. The topological polar surface area (TPSA) is 70.1 Å². The van der Waals surface area contributed by atoms with E-state index in [2.05, 4.69) is 20.8 Å². The van der Waals surface area contributed by atoms with Crippen LogP contribution in [-0.4, -0.2) is 35.2 Å². The van der Waals surface area contributed by atoms with E-state index >= 15 is 0 Å². The fourth-order valence-corrected chi connectivity index (χ4v) is 6.58. The third-order valence-corrected chi connectivity index (χ3v) is 8.58. The van der Waals surface area contributed by atoms with Crippen LogP contribution in [0.2, 0.25) is 0 Å². The van der Waals surface area contributed by atoms with Crippen molar-refractivity contribution in [1.82, 2.24) is 4.90 Å². The van der Waals surface area contributed by atoms with Crippen molar-refractivity contribution in [3.63, 3.8) is 0 Å². The summed E-state index contributed by atoms with van der Waals surface area (Å²) in [4.78, 5) is 31.2. The third-order valence-electron chi connectivity index (χ3n) is 8.58. The van der Waals surface area contributed by atoms with Gasteiger partial charge in [-0.1, -0.05) is 81.8 Å². The van der Waals surface area contributed by atoms with Crippen molar-refractivity contribution in [2.45, 2.75) is 58.7 Å². The van der Waals surface area contributed by atoms with Crippen LogP contribution in [0, 0.1) is 17.8 Å². The van der Waals surface area contributed by atoms with Crippen molar-refractivity contribution in [3.05, 3.63) is 83.9 Å². The van der Waals surface area contributed by atoms with E-state index in [1.54, 1.807) is 12.0 Å². The van der Waals surface area contributed by atoms with Crippen LogP contribution in [0.5, 0.6) is 5.75 Å². The number of hydrogen-bond acceptors (Lipinski definition) is 3. The molecule has 0 bridgehead atoms. The summed E-state index contributed by atoms with van der Waals surface area (Å²) in [6.45, 7) is 6.86. The highest BCUT2D eigenvalue weighted by molar-refractivity contribution is 6.06. The van der Waals surface area contributed by atoms with Crippen LogP contribution in [0.3, 0.4) is 0 Å². The predicted octanol–water partition coefficient (Wildman–Crippen LogP) is 7.39. The zero-order valence-corrected chi connectivity index (χ0v) is 23.2. The Morgan fingerprint density at radius 1 is 1.00 bits per heavy atom. The maximum atomic E-state index is 14.7. The molecule has 2 aliphatic rings. The fraction of sp³-hybridized carbons (Fsp3) is 0.394. The first kappa shape index (κ1) is 26.8. The fourth-order valence-electron chi connectivity index (χ4n) is 6.58. The molecule has 2 amide bonds. The summed E-state index contributed by atoms with van der Waals surface area (Å²) in [5.74, 6) is 1.43. The van der Waals surface area contributed by atoms with E-state index in [-0.39, 0.29) is 17.9 Å². The van der Waals surface area contributed by atoms with Gasteiger partial charge in [0.1, 0.15) is 11.8 Å². The molecule has 204 valence electrons. The quantitative estimate of drug-likeness (QED) is 0.364. The van der Waals surface area contributed by atoms with Crippen molar-refractivity contribution in [1.29, 1.82) is 0 Å². The molecule has 1 heterocycles. The van der Waals surface area contributed by atoms with Crippen molar-refractivity contribution in [2.75, 3.05) is 12.0 Å². The number of fused-ring (bicyclic) bond motifs is 3. The van der Waals surface area contributed by atoms with E-state index in [1.807, 2.05) is 72.8 Å². The molecule has 1 aliphatic heterocycles. The molecule has 0 saturated heterocycles. The summed E-state index contributed by atoms with van der Waals surface area (Å²) in [5.41, 5.74) is 4.31.